The van der Waals surface area contributed by atoms with Crippen LogP contribution in [0.25, 0.3) is 0 Å². The van der Waals surface area contributed by atoms with E-state index in [0.717, 1.165) is 31.1 Å². The van der Waals surface area contributed by atoms with Crippen molar-refractivity contribution >= 4 is 0 Å². The van der Waals surface area contributed by atoms with Crippen LogP contribution in [0.4, 0.5) is 0 Å². The molecule has 1 N–H and O–H groups in total. The summed E-state index contributed by atoms with van der Waals surface area (Å²) in [6, 6.07) is 0. The number of nitrogens with one attached hydrogen (secondary N) is 1. The van der Waals surface area contributed by atoms with E-state index in [1.54, 1.807) is 0 Å². The highest BCUT2D eigenvalue weighted by atomic mass is 16.5. The molecular formula is C10H21NO. The largest absolute Gasteiger partial charge is 0.377 e. The van der Waals surface area contributed by atoms with Crippen LogP contribution in [0.2, 0.25) is 0 Å². The Hall–Kier alpha value is -0.340. The molecule has 0 spiro atoms. The molecule has 0 saturated carbocycles. The van der Waals surface area contributed by atoms with E-state index < -0.39 is 0 Å². The Morgan fingerprint density at radius 2 is 2.17 bits per heavy atom. The molecule has 0 aromatic heterocycles. The average molecular weight is 171 g/mol. The van der Waals surface area contributed by atoms with Gasteiger partial charge in [-0.1, -0.05) is 20.4 Å². The summed E-state index contributed by atoms with van der Waals surface area (Å²) < 4.78 is 5.42. The van der Waals surface area contributed by atoms with E-state index in [1.165, 1.54) is 0 Å². The van der Waals surface area contributed by atoms with E-state index >= 15 is 0 Å². The highest BCUT2D eigenvalue weighted by molar-refractivity contribution is 4.96. The first-order chi connectivity index (χ1) is 5.66. The lowest BCUT2D eigenvalue weighted by Gasteiger charge is -2.07. The number of likely N-dealkylation sites (N-methyl/N-ethyl adjacent to an activating group) is 1. The monoisotopic (exact) mass is 171 g/mol. The second-order valence-electron chi connectivity index (χ2n) is 3.52. The van der Waals surface area contributed by atoms with Crippen LogP contribution < -0.4 is 5.32 Å². The van der Waals surface area contributed by atoms with Crippen LogP contribution in [-0.4, -0.2) is 26.8 Å². The summed E-state index contributed by atoms with van der Waals surface area (Å²) in [5.41, 5.74) is 1.11. The second-order valence-corrected chi connectivity index (χ2v) is 3.52. The van der Waals surface area contributed by atoms with Gasteiger partial charge in [-0.25, -0.2) is 0 Å². The van der Waals surface area contributed by atoms with Crippen molar-refractivity contribution in [3.63, 3.8) is 0 Å². The molecule has 0 aromatic carbocycles. The van der Waals surface area contributed by atoms with Crippen LogP contribution in [0.15, 0.2) is 12.2 Å². The molecule has 0 aliphatic carbocycles. The Labute approximate surface area is 76.0 Å². The van der Waals surface area contributed by atoms with E-state index in [0.29, 0.717) is 6.61 Å². The Morgan fingerprint density at radius 3 is 2.67 bits per heavy atom. The number of rotatable bonds is 7. The molecule has 0 heterocycles. The van der Waals surface area contributed by atoms with Crippen LogP contribution in [0.1, 0.15) is 20.3 Å². The van der Waals surface area contributed by atoms with Gasteiger partial charge < -0.3 is 10.1 Å². The molecule has 0 aromatic rings. The van der Waals surface area contributed by atoms with Crippen LogP contribution in [0.5, 0.6) is 0 Å². The molecule has 2 heteroatoms. The van der Waals surface area contributed by atoms with Gasteiger partial charge in [0, 0.05) is 13.2 Å². The third kappa shape index (κ3) is 7.76. The van der Waals surface area contributed by atoms with Crippen LogP contribution in [0.3, 0.4) is 0 Å². The highest BCUT2D eigenvalue weighted by Crippen LogP contribution is 1.99. The van der Waals surface area contributed by atoms with Crippen molar-refractivity contribution in [2.24, 2.45) is 5.92 Å². The van der Waals surface area contributed by atoms with Crippen molar-refractivity contribution in [3.8, 4) is 0 Å². The summed E-state index contributed by atoms with van der Waals surface area (Å²) in [7, 11) is 1.92. The van der Waals surface area contributed by atoms with E-state index in [1.807, 2.05) is 7.05 Å². The molecule has 0 rings (SSSR count). The molecule has 72 valence electrons. The molecule has 0 fully saturated rings. The number of hydrogen-bond donors (Lipinski definition) is 1. The zero-order chi connectivity index (χ0) is 9.40. The lowest BCUT2D eigenvalue weighted by Crippen LogP contribution is -2.14. The minimum atomic E-state index is 0.688. The van der Waals surface area contributed by atoms with Crippen LogP contribution in [0, 0.1) is 5.92 Å². The minimum Gasteiger partial charge on any atom is -0.377 e. The maximum absolute atomic E-state index is 5.42. The molecule has 12 heavy (non-hydrogen) atoms. The molecule has 0 amide bonds. The molecule has 0 unspecified atom stereocenters. The number of hydrogen-bond acceptors (Lipinski definition) is 2. The van der Waals surface area contributed by atoms with Gasteiger partial charge in [-0.3, -0.25) is 0 Å². The topological polar surface area (TPSA) is 21.3 Å². The molecule has 0 bridgehead atoms. The number of ether oxygens (including phenoxy) is 1. The van der Waals surface area contributed by atoms with Crippen molar-refractivity contribution in [1.82, 2.24) is 5.32 Å². The third-order valence-corrected chi connectivity index (χ3v) is 1.57. The Kier molecular flexibility index (Phi) is 7.11. The normalized spacial score (nSPS) is 10.7. The van der Waals surface area contributed by atoms with Crippen LogP contribution in [-0.2, 0) is 4.74 Å². The molecule has 0 aliphatic heterocycles. The Bertz CT molecular complexity index is 121. The first-order valence-corrected chi connectivity index (χ1v) is 4.55. The lowest BCUT2D eigenvalue weighted by molar-refractivity contribution is 0.143. The van der Waals surface area contributed by atoms with Gasteiger partial charge >= 0.3 is 0 Å². The molecule has 0 atom stereocenters. The fourth-order valence-electron chi connectivity index (χ4n) is 0.837. The Balaban J connectivity index is 3.14. The van der Waals surface area contributed by atoms with Gasteiger partial charge in [0.2, 0.25) is 0 Å². The molecule has 0 aliphatic rings. The van der Waals surface area contributed by atoms with Crippen molar-refractivity contribution in [3.05, 3.63) is 12.2 Å². The standard InChI is InChI=1S/C10H21NO/c1-9(2)5-6-12-8-10(3)7-11-4/h9,11H,3,5-8H2,1-2,4H3. The molecule has 0 saturated heterocycles. The SMILES string of the molecule is C=C(CNC)COCCC(C)C. The minimum absolute atomic E-state index is 0.688. The second kappa shape index (κ2) is 7.32. The van der Waals surface area contributed by atoms with Crippen molar-refractivity contribution in [1.29, 1.82) is 0 Å². The van der Waals surface area contributed by atoms with Gasteiger partial charge in [-0.05, 0) is 25.0 Å². The third-order valence-electron chi connectivity index (χ3n) is 1.57. The van der Waals surface area contributed by atoms with Gasteiger partial charge in [0.15, 0.2) is 0 Å². The molecular weight excluding hydrogens is 150 g/mol. The predicted octanol–water partition coefficient (Wildman–Crippen LogP) is 1.82. The fraction of sp³-hybridized carbons (Fsp3) is 0.800. The smallest absolute Gasteiger partial charge is 0.0686 e. The summed E-state index contributed by atoms with van der Waals surface area (Å²) >= 11 is 0. The highest BCUT2D eigenvalue weighted by Gasteiger charge is 1.95. The summed E-state index contributed by atoms with van der Waals surface area (Å²) in [6.07, 6.45) is 1.13. The van der Waals surface area contributed by atoms with Gasteiger partial charge in [0.05, 0.1) is 6.61 Å². The van der Waals surface area contributed by atoms with Gasteiger partial charge in [0.25, 0.3) is 0 Å². The quantitative estimate of drug-likeness (QED) is 0.466. The lowest BCUT2D eigenvalue weighted by atomic mass is 10.1. The van der Waals surface area contributed by atoms with Crippen molar-refractivity contribution in [2.45, 2.75) is 20.3 Å². The summed E-state index contributed by atoms with van der Waals surface area (Å²) in [5.74, 6) is 0.725. The Morgan fingerprint density at radius 1 is 1.50 bits per heavy atom. The first-order valence-electron chi connectivity index (χ1n) is 4.55. The van der Waals surface area contributed by atoms with E-state index in [9.17, 15) is 0 Å². The maximum atomic E-state index is 5.42. The van der Waals surface area contributed by atoms with E-state index in [4.69, 9.17) is 4.74 Å². The molecule has 2 nitrogen and oxygen atoms in total. The van der Waals surface area contributed by atoms with E-state index in [-0.39, 0.29) is 0 Å². The van der Waals surface area contributed by atoms with Gasteiger partial charge in [-0.2, -0.15) is 0 Å². The predicted molar refractivity (Wildman–Crippen MR) is 53.3 cm³/mol. The molecule has 0 radical (unpaired) electrons. The van der Waals surface area contributed by atoms with Gasteiger partial charge in [-0.15, -0.1) is 0 Å². The zero-order valence-electron chi connectivity index (χ0n) is 8.52. The average Bonchev–Trinajstić information content (AvgIpc) is 1.98. The first kappa shape index (κ1) is 11.7. The van der Waals surface area contributed by atoms with Gasteiger partial charge in [0.1, 0.15) is 0 Å². The van der Waals surface area contributed by atoms with Crippen molar-refractivity contribution < 1.29 is 4.74 Å². The fourth-order valence-corrected chi connectivity index (χ4v) is 0.837. The summed E-state index contributed by atoms with van der Waals surface area (Å²) in [5, 5.41) is 3.04. The summed E-state index contributed by atoms with van der Waals surface area (Å²) in [4.78, 5) is 0. The van der Waals surface area contributed by atoms with Crippen LogP contribution >= 0.6 is 0 Å². The van der Waals surface area contributed by atoms with E-state index in [2.05, 4.69) is 25.7 Å². The van der Waals surface area contributed by atoms with Crippen molar-refractivity contribution in [2.75, 3.05) is 26.8 Å². The maximum Gasteiger partial charge on any atom is 0.0686 e. The zero-order valence-corrected chi connectivity index (χ0v) is 8.52. The summed E-state index contributed by atoms with van der Waals surface area (Å²) in [6.45, 7) is 10.7.